The number of halogens is 2. The first-order valence-electron chi connectivity index (χ1n) is 5.12. The second-order valence-corrected chi connectivity index (χ2v) is 3.59. The number of anilines is 1. The van der Waals surface area contributed by atoms with Gasteiger partial charge < -0.3 is 5.32 Å². The third kappa shape index (κ3) is 2.75. The second-order valence-electron chi connectivity index (χ2n) is 3.59. The molecule has 0 aliphatic rings. The summed E-state index contributed by atoms with van der Waals surface area (Å²) in [6.45, 7) is 2.19. The lowest BCUT2D eigenvalue weighted by molar-refractivity contribution is 0.507. The molecule has 3 nitrogen and oxygen atoms in total. The molecule has 0 atom stereocenters. The fraction of sp³-hybridized carbons (Fsp3) is 0.167. The van der Waals surface area contributed by atoms with Gasteiger partial charge in [-0.05, 0) is 24.6 Å². The van der Waals surface area contributed by atoms with Gasteiger partial charge in [0.1, 0.15) is 5.82 Å². The van der Waals surface area contributed by atoms with Gasteiger partial charge in [-0.2, -0.15) is 0 Å². The Morgan fingerprint density at radius 1 is 1.12 bits per heavy atom. The maximum atomic E-state index is 13.0. The topological polar surface area (TPSA) is 37.8 Å². The Bertz CT molecular complexity index is 529. The van der Waals surface area contributed by atoms with Crippen molar-refractivity contribution in [2.24, 2.45) is 0 Å². The fourth-order valence-electron chi connectivity index (χ4n) is 1.42. The number of aromatic nitrogens is 2. The number of rotatable bonds is 3. The molecular weight excluding hydrogens is 224 g/mol. The fourth-order valence-corrected chi connectivity index (χ4v) is 1.42. The lowest BCUT2D eigenvalue weighted by atomic mass is 10.2. The third-order valence-electron chi connectivity index (χ3n) is 2.33. The molecule has 0 fully saturated rings. The van der Waals surface area contributed by atoms with E-state index in [4.69, 9.17) is 0 Å². The van der Waals surface area contributed by atoms with Gasteiger partial charge in [0.15, 0.2) is 11.6 Å². The summed E-state index contributed by atoms with van der Waals surface area (Å²) in [4.78, 5) is 8.16. The molecule has 0 aliphatic carbocycles. The second kappa shape index (κ2) is 4.86. The van der Waals surface area contributed by atoms with Gasteiger partial charge in [-0.25, -0.2) is 13.8 Å². The van der Waals surface area contributed by atoms with Gasteiger partial charge >= 0.3 is 0 Å². The van der Waals surface area contributed by atoms with E-state index in [1.807, 2.05) is 6.92 Å². The molecule has 0 unspecified atom stereocenters. The van der Waals surface area contributed by atoms with Crippen molar-refractivity contribution in [1.29, 1.82) is 0 Å². The van der Waals surface area contributed by atoms with E-state index in [9.17, 15) is 8.78 Å². The highest BCUT2D eigenvalue weighted by Crippen LogP contribution is 2.12. The van der Waals surface area contributed by atoms with Gasteiger partial charge in [0.05, 0.1) is 5.69 Å². The van der Waals surface area contributed by atoms with E-state index >= 15 is 0 Å². The van der Waals surface area contributed by atoms with E-state index in [1.54, 1.807) is 12.4 Å². The minimum atomic E-state index is -0.847. The summed E-state index contributed by atoms with van der Waals surface area (Å²) in [5.41, 5.74) is 1.41. The number of aryl methyl sites for hydroxylation is 1. The van der Waals surface area contributed by atoms with Crippen molar-refractivity contribution in [3.05, 3.63) is 53.5 Å². The summed E-state index contributed by atoms with van der Waals surface area (Å²) in [5, 5.41) is 3.01. The minimum absolute atomic E-state index is 0.372. The van der Waals surface area contributed by atoms with Crippen molar-refractivity contribution in [3.63, 3.8) is 0 Å². The van der Waals surface area contributed by atoms with Crippen LogP contribution in [0.1, 0.15) is 11.3 Å². The first kappa shape index (κ1) is 11.4. The average Bonchev–Trinajstić information content (AvgIpc) is 2.32. The molecule has 2 aromatic rings. The quantitative estimate of drug-likeness (QED) is 0.888. The van der Waals surface area contributed by atoms with Crippen molar-refractivity contribution in [1.82, 2.24) is 9.97 Å². The Morgan fingerprint density at radius 2 is 1.88 bits per heavy atom. The number of hydrogen-bond donors (Lipinski definition) is 1. The van der Waals surface area contributed by atoms with Crippen LogP contribution >= 0.6 is 0 Å². The van der Waals surface area contributed by atoms with Crippen LogP contribution in [0.5, 0.6) is 0 Å². The molecule has 0 spiro atoms. The first-order valence-corrected chi connectivity index (χ1v) is 5.12. The number of nitrogens with zero attached hydrogens (tertiary/aromatic N) is 2. The van der Waals surface area contributed by atoms with Crippen molar-refractivity contribution in [3.8, 4) is 0 Å². The predicted molar refractivity (Wildman–Crippen MR) is 60.5 cm³/mol. The lowest BCUT2D eigenvalue weighted by Crippen LogP contribution is -2.04. The zero-order valence-electron chi connectivity index (χ0n) is 9.24. The highest BCUT2D eigenvalue weighted by atomic mass is 19.2. The van der Waals surface area contributed by atoms with Crippen LogP contribution in [0, 0.1) is 18.6 Å². The lowest BCUT2D eigenvalue weighted by Gasteiger charge is -2.07. The largest absolute Gasteiger partial charge is 0.364 e. The van der Waals surface area contributed by atoms with Crippen LogP contribution in [-0.4, -0.2) is 9.97 Å². The average molecular weight is 235 g/mol. The van der Waals surface area contributed by atoms with Crippen molar-refractivity contribution in [2.75, 3.05) is 5.32 Å². The normalized spacial score (nSPS) is 10.3. The molecule has 1 aromatic carbocycles. The molecule has 0 amide bonds. The molecule has 1 aromatic heterocycles. The smallest absolute Gasteiger partial charge is 0.159 e. The first-order chi connectivity index (χ1) is 8.16. The van der Waals surface area contributed by atoms with Crippen LogP contribution in [0.4, 0.5) is 14.6 Å². The Kier molecular flexibility index (Phi) is 3.27. The molecule has 1 N–H and O–H groups in total. The van der Waals surface area contributed by atoms with E-state index in [2.05, 4.69) is 15.3 Å². The van der Waals surface area contributed by atoms with Crippen molar-refractivity contribution >= 4 is 5.82 Å². The molecule has 0 radical (unpaired) electrons. The van der Waals surface area contributed by atoms with E-state index < -0.39 is 11.6 Å². The van der Waals surface area contributed by atoms with Gasteiger partial charge in [-0.1, -0.05) is 6.07 Å². The van der Waals surface area contributed by atoms with Crippen LogP contribution in [0.25, 0.3) is 0 Å². The molecule has 5 heteroatoms. The molecule has 0 bridgehead atoms. The van der Waals surface area contributed by atoms with Crippen LogP contribution in [-0.2, 0) is 6.54 Å². The predicted octanol–water partition coefficient (Wildman–Crippen LogP) is 2.68. The molecule has 0 saturated heterocycles. The van der Waals surface area contributed by atoms with Gasteiger partial charge in [-0.3, -0.25) is 4.98 Å². The Balaban J connectivity index is 2.08. The number of benzene rings is 1. The molecular formula is C12H11F2N3. The summed E-state index contributed by atoms with van der Waals surface area (Å²) < 4.78 is 25.7. The van der Waals surface area contributed by atoms with Crippen molar-refractivity contribution < 1.29 is 8.78 Å². The van der Waals surface area contributed by atoms with Crippen LogP contribution in [0.3, 0.4) is 0 Å². The van der Waals surface area contributed by atoms with E-state index in [0.29, 0.717) is 17.9 Å². The van der Waals surface area contributed by atoms with E-state index in [1.165, 1.54) is 6.07 Å². The van der Waals surface area contributed by atoms with E-state index in [-0.39, 0.29) is 0 Å². The van der Waals surface area contributed by atoms with Gasteiger partial charge in [0.25, 0.3) is 0 Å². The maximum Gasteiger partial charge on any atom is 0.159 e. The van der Waals surface area contributed by atoms with E-state index in [0.717, 1.165) is 17.8 Å². The number of nitrogens with one attached hydrogen (secondary N) is 1. The Labute approximate surface area is 97.5 Å². The molecule has 17 heavy (non-hydrogen) atoms. The minimum Gasteiger partial charge on any atom is -0.364 e. The zero-order chi connectivity index (χ0) is 12.3. The zero-order valence-corrected chi connectivity index (χ0v) is 9.24. The van der Waals surface area contributed by atoms with Crippen LogP contribution in [0.2, 0.25) is 0 Å². The molecule has 88 valence electrons. The standard InChI is InChI=1S/C12H11F2N3/c1-8-12(16-5-4-15-8)17-7-9-2-3-10(13)11(14)6-9/h2-6H,7H2,1H3,(H,16,17). The van der Waals surface area contributed by atoms with Gasteiger partial charge in [0.2, 0.25) is 0 Å². The molecule has 2 rings (SSSR count). The van der Waals surface area contributed by atoms with Crippen LogP contribution < -0.4 is 5.32 Å². The molecule has 1 heterocycles. The molecule has 0 aliphatic heterocycles. The summed E-state index contributed by atoms with van der Waals surface area (Å²) in [5.74, 6) is -1.05. The molecule has 0 saturated carbocycles. The van der Waals surface area contributed by atoms with Crippen LogP contribution in [0.15, 0.2) is 30.6 Å². The summed E-state index contributed by atoms with van der Waals surface area (Å²) in [6, 6.07) is 3.79. The summed E-state index contributed by atoms with van der Waals surface area (Å²) >= 11 is 0. The monoisotopic (exact) mass is 235 g/mol. The Morgan fingerprint density at radius 3 is 2.59 bits per heavy atom. The third-order valence-corrected chi connectivity index (χ3v) is 2.33. The van der Waals surface area contributed by atoms with Gasteiger partial charge in [0, 0.05) is 18.9 Å². The Hall–Kier alpha value is -2.04. The van der Waals surface area contributed by atoms with Crippen molar-refractivity contribution in [2.45, 2.75) is 13.5 Å². The highest BCUT2D eigenvalue weighted by Gasteiger charge is 2.03. The highest BCUT2D eigenvalue weighted by molar-refractivity contribution is 5.39. The summed E-state index contributed by atoms with van der Waals surface area (Å²) in [6.07, 6.45) is 3.17. The SMILES string of the molecule is Cc1nccnc1NCc1ccc(F)c(F)c1. The summed E-state index contributed by atoms with van der Waals surface area (Å²) in [7, 11) is 0. The maximum absolute atomic E-state index is 13.0. The van der Waals surface area contributed by atoms with Gasteiger partial charge in [-0.15, -0.1) is 0 Å². The number of hydrogen-bond acceptors (Lipinski definition) is 3.